The number of hydrogen-bond donors (Lipinski definition) is 2. The van der Waals surface area contributed by atoms with Gasteiger partial charge in [-0.25, -0.2) is 0 Å². The van der Waals surface area contributed by atoms with Gasteiger partial charge in [0.25, 0.3) is 0 Å². The van der Waals surface area contributed by atoms with Crippen molar-refractivity contribution in [2.45, 2.75) is 18.7 Å². The van der Waals surface area contributed by atoms with Gasteiger partial charge >= 0.3 is 0 Å². The molecule has 0 amide bonds. The van der Waals surface area contributed by atoms with Gasteiger partial charge in [0.1, 0.15) is 0 Å². The summed E-state index contributed by atoms with van der Waals surface area (Å²) in [6.07, 6.45) is 3.63. The first-order chi connectivity index (χ1) is 9.34. The molecule has 0 aliphatic heterocycles. The fourth-order valence-electron chi connectivity index (χ4n) is 2.45. The molecule has 2 aromatic rings. The average molecular weight is 251 g/mol. The third-order valence-electron chi connectivity index (χ3n) is 3.52. The van der Waals surface area contributed by atoms with Crippen LogP contribution in [0.1, 0.15) is 22.8 Å². The third-order valence-corrected chi connectivity index (χ3v) is 3.52. The molecular formula is C17H17NO. The highest BCUT2D eigenvalue weighted by Crippen LogP contribution is 2.27. The van der Waals surface area contributed by atoms with Crippen LogP contribution in [0.5, 0.6) is 0 Å². The third kappa shape index (κ3) is 2.60. The second-order valence-electron chi connectivity index (χ2n) is 4.83. The molecule has 2 unspecified atom stereocenters. The summed E-state index contributed by atoms with van der Waals surface area (Å²) < 4.78 is 0. The normalized spacial score (nSPS) is 21.1. The molecule has 2 N–H and O–H groups in total. The molecule has 1 aliphatic carbocycles. The molecule has 1 aliphatic rings. The number of aliphatic hydroxyl groups is 1. The Hall–Kier alpha value is -1.90. The van der Waals surface area contributed by atoms with Gasteiger partial charge in [0.2, 0.25) is 0 Å². The van der Waals surface area contributed by atoms with Crippen LogP contribution in [0.15, 0.2) is 60.7 Å². The molecule has 2 heteroatoms. The molecule has 0 saturated heterocycles. The molecule has 0 bridgehead atoms. The van der Waals surface area contributed by atoms with E-state index in [1.807, 2.05) is 48.5 Å². The largest absolute Gasteiger partial charge is 0.386 e. The molecule has 2 nitrogen and oxygen atoms in total. The van der Waals surface area contributed by atoms with Gasteiger partial charge in [0, 0.05) is 6.54 Å². The SMILES string of the molecule is OC1c2ccccc2C=CC1NCc1ccccc1. The van der Waals surface area contributed by atoms with E-state index in [4.69, 9.17) is 0 Å². The standard InChI is InChI=1S/C17H17NO/c19-17-15-9-5-4-8-14(15)10-11-16(17)18-12-13-6-2-1-3-7-13/h1-11,16-19H,12H2. The highest BCUT2D eigenvalue weighted by molar-refractivity contribution is 5.58. The van der Waals surface area contributed by atoms with E-state index in [9.17, 15) is 5.11 Å². The smallest absolute Gasteiger partial charge is 0.0984 e. The van der Waals surface area contributed by atoms with E-state index in [-0.39, 0.29) is 6.04 Å². The molecule has 0 spiro atoms. The number of aliphatic hydroxyl groups excluding tert-OH is 1. The minimum Gasteiger partial charge on any atom is -0.386 e. The second kappa shape index (κ2) is 5.39. The lowest BCUT2D eigenvalue weighted by atomic mass is 9.91. The van der Waals surface area contributed by atoms with Crippen LogP contribution in [0.2, 0.25) is 0 Å². The Morgan fingerprint density at radius 3 is 2.53 bits per heavy atom. The minimum atomic E-state index is -0.482. The Labute approximate surface area is 113 Å². The van der Waals surface area contributed by atoms with Gasteiger partial charge in [0.05, 0.1) is 12.1 Å². The number of hydrogen-bond acceptors (Lipinski definition) is 2. The first-order valence-corrected chi connectivity index (χ1v) is 6.57. The molecule has 0 heterocycles. The van der Waals surface area contributed by atoms with E-state index < -0.39 is 6.10 Å². The Kier molecular flexibility index (Phi) is 3.45. The Bertz CT molecular complexity index is 577. The van der Waals surface area contributed by atoms with E-state index in [0.717, 1.165) is 17.7 Å². The maximum absolute atomic E-state index is 10.4. The van der Waals surface area contributed by atoms with Crippen LogP contribution < -0.4 is 5.32 Å². The summed E-state index contributed by atoms with van der Waals surface area (Å²) in [6, 6.07) is 18.2. The lowest BCUT2D eigenvalue weighted by Crippen LogP contribution is -2.34. The molecule has 3 rings (SSSR count). The summed E-state index contributed by atoms with van der Waals surface area (Å²) in [7, 11) is 0. The zero-order chi connectivity index (χ0) is 13.1. The van der Waals surface area contributed by atoms with Gasteiger partial charge in [-0.15, -0.1) is 0 Å². The first kappa shape index (κ1) is 12.2. The van der Waals surface area contributed by atoms with Crippen LogP contribution >= 0.6 is 0 Å². The Morgan fingerprint density at radius 2 is 1.68 bits per heavy atom. The monoisotopic (exact) mass is 251 g/mol. The highest BCUT2D eigenvalue weighted by atomic mass is 16.3. The van der Waals surface area contributed by atoms with Crippen LogP contribution in [-0.4, -0.2) is 11.1 Å². The molecule has 2 atom stereocenters. The van der Waals surface area contributed by atoms with Crippen LogP contribution in [-0.2, 0) is 6.54 Å². The average Bonchev–Trinajstić information content (AvgIpc) is 2.48. The van der Waals surface area contributed by atoms with Gasteiger partial charge in [-0.3, -0.25) is 0 Å². The summed E-state index contributed by atoms with van der Waals surface area (Å²) in [5.74, 6) is 0. The highest BCUT2D eigenvalue weighted by Gasteiger charge is 2.23. The Morgan fingerprint density at radius 1 is 0.947 bits per heavy atom. The van der Waals surface area contributed by atoms with E-state index in [1.165, 1.54) is 5.56 Å². The van der Waals surface area contributed by atoms with Gasteiger partial charge in [-0.05, 0) is 16.7 Å². The first-order valence-electron chi connectivity index (χ1n) is 6.57. The lowest BCUT2D eigenvalue weighted by molar-refractivity contribution is 0.145. The maximum atomic E-state index is 10.4. The predicted octanol–water partition coefficient (Wildman–Crippen LogP) is 2.91. The van der Waals surface area contributed by atoms with Gasteiger partial charge in [-0.1, -0.05) is 66.7 Å². The quantitative estimate of drug-likeness (QED) is 0.879. The van der Waals surface area contributed by atoms with Crippen molar-refractivity contribution >= 4 is 6.08 Å². The number of fused-ring (bicyclic) bond motifs is 1. The molecule has 0 fully saturated rings. The molecule has 2 aromatic carbocycles. The van der Waals surface area contributed by atoms with Crippen molar-refractivity contribution in [3.8, 4) is 0 Å². The van der Waals surface area contributed by atoms with Gasteiger partial charge in [0.15, 0.2) is 0 Å². The summed E-state index contributed by atoms with van der Waals surface area (Å²) in [5, 5.41) is 13.8. The number of benzene rings is 2. The van der Waals surface area contributed by atoms with Gasteiger partial charge < -0.3 is 10.4 Å². The van der Waals surface area contributed by atoms with Crippen LogP contribution in [0.3, 0.4) is 0 Å². The number of nitrogens with one attached hydrogen (secondary N) is 1. The lowest BCUT2D eigenvalue weighted by Gasteiger charge is -2.26. The van der Waals surface area contributed by atoms with E-state index in [0.29, 0.717) is 0 Å². The zero-order valence-electron chi connectivity index (χ0n) is 10.7. The van der Waals surface area contributed by atoms with Crippen molar-refractivity contribution in [3.05, 3.63) is 77.4 Å². The molecule has 19 heavy (non-hydrogen) atoms. The van der Waals surface area contributed by atoms with Crippen LogP contribution in [0, 0.1) is 0 Å². The van der Waals surface area contributed by atoms with E-state index in [1.54, 1.807) is 0 Å². The van der Waals surface area contributed by atoms with Crippen LogP contribution in [0.4, 0.5) is 0 Å². The maximum Gasteiger partial charge on any atom is 0.0984 e. The molecule has 96 valence electrons. The summed E-state index contributed by atoms with van der Waals surface area (Å²) in [4.78, 5) is 0. The fraction of sp³-hybridized carbons (Fsp3) is 0.176. The molecular weight excluding hydrogens is 234 g/mol. The van der Waals surface area contributed by atoms with Crippen molar-refractivity contribution in [1.29, 1.82) is 0 Å². The Balaban J connectivity index is 1.71. The topological polar surface area (TPSA) is 32.3 Å². The number of rotatable bonds is 3. The van der Waals surface area contributed by atoms with Crippen molar-refractivity contribution in [3.63, 3.8) is 0 Å². The molecule has 0 radical (unpaired) electrons. The summed E-state index contributed by atoms with van der Waals surface area (Å²) in [5.41, 5.74) is 3.32. The second-order valence-corrected chi connectivity index (χ2v) is 4.83. The summed E-state index contributed by atoms with van der Waals surface area (Å²) in [6.45, 7) is 0.759. The van der Waals surface area contributed by atoms with Crippen molar-refractivity contribution in [1.82, 2.24) is 5.32 Å². The predicted molar refractivity (Wildman–Crippen MR) is 77.5 cm³/mol. The zero-order valence-corrected chi connectivity index (χ0v) is 10.7. The molecule has 0 aromatic heterocycles. The fourth-order valence-corrected chi connectivity index (χ4v) is 2.45. The van der Waals surface area contributed by atoms with Gasteiger partial charge in [-0.2, -0.15) is 0 Å². The van der Waals surface area contributed by atoms with E-state index >= 15 is 0 Å². The van der Waals surface area contributed by atoms with E-state index in [2.05, 4.69) is 23.5 Å². The van der Waals surface area contributed by atoms with Crippen LogP contribution in [0.25, 0.3) is 6.08 Å². The summed E-state index contributed by atoms with van der Waals surface area (Å²) >= 11 is 0. The molecule has 0 saturated carbocycles. The minimum absolute atomic E-state index is 0.0323. The van der Waals surface area contributed by atoms with Crippen molar-refractivity contribution < 1.29 is 5.11 Å². The van der Waals surface area contributed by atoms with Crippen molar-refractivity contribution in [2.24, 2.45) is 0 Å². The van der Waals surface area contributed by atoms with Crippen molar-refractivity contribution in [2.75, 3.05) is 0 Å².